The van der Waals surface area contributed by atoms with Crippen molar-refractivity contribution >= 4 is 49.6 Å². The zero-order valence-corrected chi connectivity index (χ0v) is 19.8. The maximum atomic E-state index is 13.0. The summed E-state index contributed by atoms with van der Waals surface area (Å²) in [5.74, 6) is -0.387. The molecule has 0 saturated heterocycles. The van der Waals surface area contributed by atoms with Crippen LogP contribution in [0.3, 0.4) is 0 Å². The third-order valence-corrected chi connectivity index (χ3v) is 7.29. The first-order chi connectivity index (χ1) is 15.2. The van der Waals surface area contributed by atoms with Gasteiger partial charge in [-0.05, 0) is 46.1 Å². The fourth-order valence-corrected chi connectivity index (χ4v) is 4.60. The van der Waals surface area contributed by atoms with Gasteiger partial charge in [0.15, 0.2) is 0 Å². The summed E-state index contributed by atoms with van der Waals surface area (Å²) >= 11 is 10.5. The molecular weight excluding hydrogens is 520 g/mol. The number of hydrogen-bond acceptors (Lipinski definition) is 5. The monoisotopic (exact) mass is 534 g/mol. The molecule has 2 N–H and O–H groups in total. The number of hydrogen-bond donors (Lipinski definition) is 2. The van der Waals surface area contributed by atoms with E-state index in [1.165, 1.54) is 22.9 Å². The largest absolute Gasteiger partial charge is 0.347 e. The van der Waals surface area contributed by atoms with Gasteiger partial charge in [0.25, 0.3) is 11.5 Å². The lowest BCUT2D eigenvalue weighted by atomic mass is 10.2. The molecule has 0 fully saturated rings. The number of halogens is 2. The minimum absolute atomic E-state index is 0.0536. The molecule has 3 aromatic heterocycles. The lowest BCUT2D eigenvalue weighted by molar-refractivity contribution is 0.0954. The molecule has 0 radical (unpaired) electrons. The number of carbonyl (C=O) groups is 1. The minimum atomic E-state index is -0.537. The van der Waals surface area contributed by atoms with Crippen LogP contribution in [0.1, 0.15) is 26.4 Å². The Morgan fingerprint density at radius 3 is 2.62 bits per heavy atom. The van der Waals surface area contributed by atoms with Crippen LogP contribution in [-0.4, -0.2) is 19.9 Å². The summed E-state index contributed by atoms with van der Waals surface area (Å²) in [5.41, 5.74) is 0.608. The van der Waals surface area contributed by atoms with Crippen LogP contribution in [0, 0.1) is 6.92 Å². The van der Waals surface area contributed by atoms with E-state index in [0.717, 1.165) is 21.5 Å². The molecule has 32 heavy (non-hydrogen) atoms. The zero-order valence-electron chi connectivity index (χ0n) is 16.6. The predicted molar refractivity (Wildman–Crippen MR) is 127 cm³/mol. The van der Waals surface area contributed by atoms with Gasteiger partial charge in [0.2, 0.25) is 5.56 Å². The third-order valence-electron chi connectivity index (χ3n) is 4.85. The van der Waals surface area contributed by atoms with Crippen molar-refractivity contribution in [1.29, 1.82) is 0 Å². The third kappa shape index (κ3) is 4.34. The summed E-state index contributed by atoms with van der Waals surface area (Å²) in [6, 6.07) is 8.19. The van der Waals surface area contributed by atoms with Gasteiger partial charge in [0.1, 0.15) is 9.71 Å². The molecule has 0 aliphatic heterocycles. The summed E-state index contributed by atoms with van der Waals surface area (Å²) in [6.07, 6.45) is 2.95. The van der Waals surface area contributed by atoms with Crippen LogP contribution in [0.2, 0.25) is 5.02 Å². The summed E-state index contributed by atoms with van der Waals surface area (Å²) in [4.78, 5) is 52.9. The fourth-order valence-electron chi connectivity index (χ4n) is 3.15. The number of aromatic nitrogens is 3. The first kappa shape index (κ1) is 22.3. The van der Waals surface area contributed by atoms with Gasteiger partial charge >= 0.3 is 5.69 Å². The maximum absolute atomic E-state index is 13.0. The Hall–Kier alpha value is -2.95. The lowest BCUT2D eigenvalue weighted by Crippen LogP contribution is -2.38. The molecule has 0 aliphatic carbocycles. The van der Waals surface area contributed by atoms with Crippen molar-refractivity contribution in [1.82, 2.24) is 19.3 Å². The van der Waals surface area contributed by atoms with Crippen molar-refractivity contribution < 1.29 is 4.79 Å². The van der Waals surface area contributed by atoms with Gasteiger partial charge in [0, 0.05) is 35.0 Å². The Morgan fingerprint density at radius 2 is 1.94 bits per heavy atom. The van der Waals surface area contributed by atoms with Crippen molar-refractivity contribution in [3.05, 3.63) is 105 Å². The molecule has 4 aromatic rings. The minimum Gasteiger partial charge on any atom is -0.347 e. The highest BCUT2D eigenvalue weighted by Gasteiger charge is 2.18. The number of carbonyl (C=O) groups excluding carboxylic acids is 1. The second kappa shape index (κ2) is 8.89. The van der Waals surface area contributed by atoms with Crippen LogP contribution in [0.5, 0.6) is 0 Å². The zero-order chi connectivity index (χ0) is 23.0. The van der Waals surface area contributed by atoms with E-state index in [1.54, 1.807) is 31.2 Å². The summed E-state index contributed by atoms with van der Waals surface area (Å²) in [5, 5.41) is 3.22. The molecular formula is C21H16BrClN4O4S. The highest BCUT2D eigenvalue weighted by Crippen LogP contribution is 2.23. The van der Waals surface area contributed by atoms with Crippen molar-refractivity contribution in [2.24, 2.45) is 0 Å². The Kier molecular flexibility index (Phi) is 6.18. The van der Waals surface area contributed by atoms with Gasteiger partial charge in [-0.3, -0.25) is 23.4 Å². The van der Waals surface area contributed by atoms with Gasteiger partial charge in [-0.15, -0.1) is 11.3 Å². The molecule has 4 rings (SSSR count). The van der Waals surface area contributed by atoms with Gasteiger partial charge in [-0.2, -0.15) is 0 Å². The molecule has 3 heterocycles. The van der Waals surface area contributed by atoms with E-state index in [0.29, 0.717) is 30.3 Å². The van der Waals surface area contributed by atoms with Gasteiger partial charge < -0.3 is 10.3 Å². The van der Waals surface area contributed by atoms with E-state index < -0.39 is 11.2 Å². The number of nitrogens with one attached hydrogen (secondary N) is 2. The molecule has 1 amide bonds. The number of H-pyrrole nitrogens is 1. The molecule has 164 valence electrons. The summed E-state index contributed by atoms with van der Waals surface area (Å²) in [6.45, 7) is 1.88. The molecule has 0 spiro atoms. The molecule has 0 aliphatic rings. The van der Waals surface area contributed by atoms with Gasteiger partial charge in [-0.25, -0.2) is 4.79 Å². The van der Waals surface area contributed by atoms with Crippen LogP contribution in [0.4, 0.5) is 0 Å². The van der Waals surface area contributed by atoms with E-state index >= 15 is 0 Å². The molecule has 8 nitrogen and oxygen atoms in total. The first-order valence-electron chi connectivity index (χ1n) is 9.40. The van der Waals surface area contributed by atoms with Crippen LogP contribution in [0.25, 0.3) is 4.83 Å². The second-order valence-electron chi connectivity index (χ2n) is 7.06. The van der Waals surface area contributed by atoms with E-state index in [2.05, 4.69) is 26.2 Å². The second-order valence-corrected chi connectivity index (χ2v) is 9.35. The quantitative estimate of drug-likeness (QED) is 0.410. The van der Waals surface area contributed by atoms with Crippen LogP contribution in [0.15, 0.2) is 61.6 Å². The molecule has 0 atom stereocenters. The standard InChI is InChI=1S/C21H16BrClN4O4S/c1-11-19(30)26(9-12-2-4-14(22)15(23)6-12)21(31)27-10-16(32-20(11)27)18(29)25-8-13-3-5-17(28)24-7-13/h2-7,10H,8-9H2,1H3,(H,24,28)(H,25,29). The van der Waals surface area contributed by atoms with Gasteiger partial charge in [-0.1, -0.05) is 23.7 Å². The number of pyridine rings is 1. The summed E-state index contributed by atoms with van der Waals surface area (Å²) in [7, 11) is 0. The van der Waals surface area contributed by atoms with Crippen molar-refractivity contribution in [3.8, 4) is 0 Å². The smallest absolute Gasteiger partial charge is 0.336 e. The molecule has 11 heteroatoms. The Morgan fingerprint density at radius 1 is 1.19 bits per heavy atom. The number of rotatable bonds is 5. The number of fused-ring (bicyclic) bond motifs is 1. The van der Waals surface area contributed by atoms with Crippen LogP contribution < -0.4 is 22.1 Å². The number of thiazole rings is 1. The molecule has 0 saturated carbocycles. The summed E-state index contributed by atoms with van der Waals surface area (Å²) < 4.78 is 3.15. The van der Waals surface area contributed by atoms with Crippen molar-refractivity contribution in [2.45, 2.75) is 20.0 Å². The average Bonchev–Trinajstić information content (AvgIpc) is 3.23. The molecule has 0 unspecified atom stereocenters. The average molecular weight is 536 g/mol. The maximum Gasteiger partial charge on any atom is 0.336 e. The number of amides is 1. The Bertz CT molecular complexity index is 1520. The lowest BCUT2D eigenvalue weighted by Gasteiger charge is -2.08. The SMILES string of the molecule is Cc1c(=O)n(Cc2ccc(Br)c(Cl)c2)c(=O)n2cc(C(=O)NCc3ccc(=O)[nH]c3)sc12. The number of benzene rings is 1. The van der Waals surface area contributed by atoms with Crippen LogP contribution >= 0.6 is 38.9 Å². The van der Waals surface area contributed by atoms with Crippen molar-refractivity contribution in [2.75, 3.05) is 0 Å². The predicted octanol–water partition coefficient (Wildman–Crippen LogP) is 2.91. The first-order valence-corrected chi connectivity index (χ1v) is 11.4. The van der Waals surface area contributed by atoms with E-state index in [1.807, 2.05) is 0 Å². The molecule has 1 aromatic carbocycles. The van der Waals surface area contributed by atoms with Gasteiger partial charge in [0.05, 0.1) is 11.6 Å². The highest BCUT2D eigenvalue weighted by molar-refractivity contribution is 9.10. The fraction of sp³-hybridized carbons (Fsp3) is 0.143. The Balaban J connectivity index is 1.66. The number of nitrogens with zero attached hydrogens (tertiary/aromatic N) is 2. The van der Waals surface area contributed by atoms with Crippen LogP contribution in [-0.2, 0) is 13.1 Å². The normalized spacial score (nSPS) is 11.1. The molecule has 0 bridgehead atoms. The highest BCUT2D eigenvalue weighted by atomic mass is 79.9. The van der Waals surface area contributed by atoms with E-state index in [-0.39, 0.29) is 24.6 Å². The van der Waals surface area contributed by atoms with E-state index in [4.69, 9.17) is 11.6 Å². The topological polar surface area (TPSA) is 105 Å². The van der Waals surface area contributed by atoms with E-state index in [9.17, 15) is 19.2 Å². The Labute approximate surface area is 198 Å². The number of aryl methyl sites for hydroxylation is 1. The van der Waals surface area contributed by atoms with Crippen molar-refractivity contribution in [3.63, 3.8) is 0 Å². The number of aromatic amines is 1.